The maximum absolute atomic E-state index is 12.6. The molecule has 0 saturated carbocycles. The molecule has 3 N–H and O–H groups in total. The van der Waals surface area contributed by atoms with Gasteiger partial charge in [-0.05, 0) is 25.8 Å². The molecule has 22 heavy (non-hydrogen) atoms. The van der Waals surface area contributed by atoms with Gasteiger partial charge in [-0.2, -0.15) is 0 Å². The summed E-state index contributed by atoms with van der Waals surface area (Å²) in [6.45, 7) is 2.08. The number of nitrogen functional groups attached to an aromatic ring is 1. The number of nitrogens with two attached hydrogens (primary N) is 1. The quantitative estimate of drug-likeness (QED) is 0.495. The van der Waals surface area contributed by atoms with E-state index >= 15 is 0 Å². The zero-order chi connectivity index (χ0) is 16.4. The van der Waals surface area contributed by atoms with Gasteiger partial charge in [0.25, 0.3) is 11.6 Å². The second-order valence-electron chi connectivity index (χ2n) is 5.32. The van der Waals surface area contributed by atoms with Crippen molar-refractivity contribution in [1.29, 1.82) is 0 Å². The van der Waals surface area contributed by atoms with Gasteiger partial charge in [0.2, 0.25) is 0 Å². The third-order valence-electron chi connectivity index (χ3n) is 4.08. The number of rotatable bonds is 3. The molecule has 0 spiro atoms. The molecule has 1 amide bonds. The molecule has 1 heterocycles. The summed E-state index contributed by atoms with van der Waals surface area (Å²) in [7, 11) is 0. The van der Waals surface area contributed by atoms with Gasteiger partial charge in [-0.25, -0.2) is 0 Å². The van der Waals surface area contributed by atoms with Gasteiger partial charge < -0.3 is 15.7 Å². The van der Waals surface area contributed by atoms with Crippen LogP contribution in [0.3, 0.4) is 0 Å². The summed E-state index contributed by atoms with van der Waals surface area (Å²) in [6.07, 6.45) is 1.08. The molecule has 0 aliphatic carbocycles. The molecule has 1 aliphatic heterocycles. The van der Waals surface area contributed by atoms with Gasteiger partial charge in [0.1, 0.15) is 5.69 Å². The van der Waals surface area contributed by atoms with Crippen LogP contribution in [0.4, 0.5) is 11.4 Å². The molecule has 0 bridgehead atoms. The summed E-state index contributed by atoms with van der Waals surface area (Å²) in [5.74, 6) is -2.06. The van der Waals surface area contributed by atoms with Crippen LogP contribution in [-0.4, -0.2) is 39.4 Å². The van der Waals surface area contributed by atoms with E-state index in [0.29, 0.717) is 19.4 Å². The largest absolute Gasteiger partial charge is 0.481 e. The number of nitro benzene ring substituents is 1. The van der Waals surface area contributed by atoms with Crippen molar-refractivity contribution in [3.05, 3.63) is 33.9 Å². The van der Waals surface area contributed by atoms with Crippen LogP contribution in [0.2, 0.25) is 0 Å². The topological polar surface area (TPSA) is 127 Å². The van der Waals surface area contributed by atoms with Crippen LogP contribution in [0, 0.1) is 16.0 Å². The molecule has 2 atom stereocenters. The van der Waals surface area contributed by atoms with Crippen LogP contribution in [0.5, 0.6) is 0 Å². The summed E-state index contributed by atoms with van der Waals surface area (Å²) >= 11 is 0. The average molecular weight is 307 g/mol. The molecular weight excluding hydrogens is 290 g/mol. The number of benzene rings is 1. The highest BCUT2D eigenvalue weighted by atomic mass is 16.6. The van der Waals surface area contributed by atoms with Crippen LogP contribution in [0.1, 0.15) is 30.1 Å². The van der Waals surface area contributed by atoms with Gasteiger partial charge in [-0.1, -0.05) is 6.07 Å². The minimum Gasteiger partial charge on any atom is -0.481 e. The lowest BCUT2D eigenvalue weighted by molar-refractivity contribution is -0.383. The standard InChI is InChI=1S/C14H17N3O5/c1-8-9(14(19)20)5-3-7-16(8)13(18)10-4-2-6-11(12(10)15)17(21)22/h2,4,6,8-9H,3,5,7,15H2,1H3,(H,19,20)/t8-,9-/m1/s1. The van der Waals surface area contributed by atoms with Crippen molar-refractivity contribution in [2.24, 2.45) is 5.92 Å². The van der Waals surface area contributed by atoms with Crippen molar-refractivity contribution in [2.75, 3.05) is 12.3 Å². The molecule has 0 unspecified atom stereocenters. The number of carboxylic acid groups (broad SMARTS) is 1. The molecule has 0 radical (unpaired) electrons. The number of anilines is 1. The Morgan fingerprint density at radius 3 is 2.73 bits per heavy atom. The van der Waals surface area contributed by atoms with Crippen molar-refractivity contribution in [3.63, 3.8) is 0 Å². The zero-order valence-electron chi connectivity index (χ0n) is 12.1. The Labute approximate surface area is 126 Å². The molecule has 2 rings (SSSR count). The number of nitro groups is 1. The highest BCUT2D eigenvalue weighted by Gasteiger charge is 2.36. The Kier molecular flexibility index (Phi) is 4.30. The van der Waals surface area contributed by atoms with E-state index in [0.717, 1.165) is 0 Å². The third kappa shape index (κ3) is 2.72. The summed E-state index contributed by atoms with van der Waals surface area (Å²) < 4.78 is 0. The number of carbonyl (C=O) groups excluding carboxylic acids is 1. The normalized spacial score (nSPS) is 21.4. The average Bonchev–Trinajstić information content (AvgIpc) is 2.46. The number of amides is 1. The number of nitrogens with zero attached hydrogens (tertiary/aromatic N) is 2. The van der Waals surface area contributed by atoms with Crippen LogP contribution in [-0.2, 0) is 4.79 Å². The minimum atomic E-state index is -0.947. The molecular formula is C14H17N3O5. The number of piperidine rings is 1. The number of aliphatic carboxylic acids is 1. The SMILES string of the molecule is C[C@@H]1[C@H](C(=O)O)CCCN1C(=O)c1cccc([N+](=O)[O-])c1N. The third-order valence-corrected chi connectivity index (χ3v) is 4.08. The number of hydrogen-bond donors (Lipinski definition) is 2. The first-order valence-electron chi connectivity index (χ1n) is 6.91. The lowest BCUT2D eigenvalue weighted by atomic mass is 9.89. The predicted molar refractivity (Wildman–Crippen MR) is 78.4 cm³/mol. The lowest BCUT2D eigenvalue weighted by Crippen LogP contribution is -2.49. The van der Waals surface area contributed by atoms with E-state index in [-0.39, 0.29) is 16.9 Å². The first kappa shape index (κ1) is 15.7. The van der Waals surface area contributed by atoms with E-state index in [9.17, 15) is 24.8 Å². The summed E-state index contributed by atoms with van der Waals surface area (Å²) in [5.41, 5.74) is 5.24. The van der Waals surface area contributed by atoms with Gasteiger partial charge in [-0.15, -0.1) is 0 Å². The maximum Gasteiger partial charge on any atom is 0.308 e. The van der Waals surface area contributed by atoms with Crippen LogP contribution >= 0.6 is 0 Å². The van der Waals surface area contributed by atoms with Gasteiger partial charge in [0.05, 0.1) is 16.4 Å². The molecule has 1 fully saturated rings. The van der Waals surface area contributed by atoms with E-state index in [1.54, 1.807) is 6.92 Å². The Hall–Kier alpha value is -2.64. The number of para-hydroxylation sites is 1. The Morgan fingerprint density at radius 2 is 2.14 bits per heavy atom. The van der Waals surface area contributed by atoms with Gasteiger partial charge >= 0.3 is 5.97 Å². The molecule has 8 heteroatoms. The monoisotopic (exact) mass is 307 g/mol. The number of hydrogen-bond acceptors (Lipinski definition) is 5. The second-order valence-corrected chi connectivity index (χ2v) is 5.32. The minimum absolute atomic E-state index is 0.0343. The summed E-state index contributed by atoms with van der Waals surface area (Å²) in [4.78, 5) is 35.5. The van der Waals surface area contributed by atoms with E-state index < -0.39 is 28.8 Å². The lowest BCUT2D eigenvalue weighted by Gasteiger charge is -2.37. The fraction of sp³-hybridized carbons (Fsp3) is 0.429. The number of carboxylic acids is 1. The maximum atomic E-state index is 12.6. The first-order valence-corrected chi connectivity index (χ1v) is 6.91. The molecule has 1 saturated heterocycles. The number of carbonyl (C=O) groups is 2. The fourth-order valence-corrected chi connectivity index (χ4v) is 2.81. The first-order chi connectivity index (χ1) is 10.3. The summed E-state index contributed by atoms with van der Waals surface area (Å²) in [5, 5.41) is 20.1. The Morgan fingerprint density at radius 1 is 1.45 bits per heavy atom. The molecule has 118 valence electrons. The molecule has 1 aromatic rings. The molecule has 1 aliphatic rings. The molecule has 0 aromatic heterocycles. The Bertz CT molecular complexity index is 631. The van der Waals surface area contributed by atoms with E-state index in [2.05, 4.69) is 0 Å². The second kappa shape index (κ2) is 6.00. The van der Waals surface area contributed by atoms with E-state index in [1.165, 1.54) is 23.1 Å². The van der Waals surface area contributed by atoms with Gasteiger partial charge in [0.15, 0.2) is 0 Å². The van der Waals surface area contributed by atoms with Crippen molar-refractivity contribution >= 4 is 23.3 Å². The highest BCUT2D eigenvalue weighted by molar-refractivity contribution is 6.01. The van der Waals surface area contributed by atoms with Crippen LogP contribution in [0.25, 0.3) is 0 Å². The molecule has 1 aromatic carbocycles. The van der Waals surface area contributed by atoms with E-state index in [1.807, 2.05) is 0 Å². The smallest absolute Gasteiger partial charge is 0.308 e. The fourth-order valence-electron chi connectivity index (χ4n) is 2.81. The summed E-state index contributed by atoms with van der Waals surface area (Å²) in [6, 6.07) is 3.55. The van der Waals surface area contributed by atoms with Crippen LogP contribution < -0.4 is 5.73 Å². The van der Waals surface area contributed by atoms with Crippen molar-refractivity contribution in [3.8, 4) is 0 Å². The molecule has 8 nitrogen and oxygen atoms in total. The van der Waals surface area contributed by atoms with Gasteiger partial charge in [-0.3, -0.25) is 19.7 Å². The van der Waals surface area contributed by atoms with Crippen molar-refractivity contribution in [2.45, 2.75) is 25.8 Å². The van der Waals surface area contributed by atoms with Crippen molar-refractivity contribution in [1.82, 2.24) is 4.90 Å². The van der Waals surface area contributed by atoms with E-state index in [4.69, 9.17) is 5.73 Å². The predicted octanol–water partition coefficient (Wildman–Crippen LogP) is 1.50. The number of likely N-dealkylation sites (tertiary alicyclic amines) is 1. The Balaban J connectivity index is 2.34. The highest BCUT2D eigenvalue weighted by Crippen LogP contribution is 2.30. The van der Waals surface area contributed by atoms with Gasteiger partial charge in [0, 0.05) is 18.7 Å². The van der Waals surface area contributed by atoms with Crippen LogP contribution in [0.15, 0.2) is 18.2 Å². The van der Waals surface area contributed by atoms with Crippen molar-refractivity contribution < 1.29 is 19.6 Å². The zero-order valence-corrected chi connectivity index (χ0v) is 12.1.